The van der Waals surface area contributed by atoms with Crippen molar-refractivity contribution in [2.24, 2.45) is 0 Å². The van der Waals surface area contributed by atoms with Gasteiger partial charge in [0, 0.05) is 51.1 Å². The van der Waals surface area contributed by atoms with E-state index < -0.39 is 17.5 Å². The van der Waals surface area contributed by atoms with Crippen LogP contribution in [0.5, 0.6) is 5.88 Å². The molecule has 0 saturated heterocycles. The van der Waals surface area contributed by atoms with E-state index in [9.17, 15) is 14.0 Å². The van der Waals surface area contributed by atoms with E-state index in [1.54, 1.807) is 31.2 Å². The second-order valence-corrected chi connectivity index (χ2v) is 8.16. The maximum atomic E-state index is 14.1. The molecule has 2 heterocycles. The predicted molar refractivity (Wildman–Crippen MR) is 126 cm³/mol. The Morgan fingerprint density at radius 1 is 1.12 bits per heavy atom. The first kappa shape index (κ1) is 22.8. The minimum Gasteiger partial charge on any atom is -0.481 e. The lowest BCUT2D eigenvalue weighted by Crippen LogP contribution is -2.23. The van der Waals surface area contributed by atoms with Crippen LogP contribution in [-0.4, -0.2) is 28.4 Å². The quantitative estimate of drug-likeness (QED) is 0.282. The van der Waals surface area contributed by atoms with Crippen molar-refractivity contribution in [3.8, 4) is 5.88 Å². The zero-order valence-corrected chi connectivity index (χ0v) is 19.2. The summed E-state index contributed by atoms with van der Waals surface area (Å²) in [5.74, 6) is -1.88. The van der Waals surface area contributed by atoms with E-state index in [1.165, 1.54) is 37.6 Å². The molecule has 0 saturated carbocycles. The molecule has 0 atom stereocenters. The van der Waals surface area contributed by atoms with Crippen molar-refractivity contribution in [3.05, 3.63) is 87.4 Å². The molecule has 0 radical (unpaired) electrons. The van der Waals surface area contributed by atoms with Gasteiger partial charge in [0.05, 0.1) is 12.7 Å². The highest BCUT2D eigenvalue weighted by molar-refractivity contribution is 6.48. The number of aromatic nitrogens is 2. The number of ether oxygens (including phenoxy) is 1. The third-order valence-corrected chi connectivity index (χ3v) is 5.85. The Morgan fingerprint density at radius 2 is 1.91 bits per heavy atom. The van der Waals surface area contributed by atoms with Crippen molar-refractivity contribution in [2.75, 3.05) is 12.4 Å². The first-order valence-electron chi connectivity index (χ1n) is 9.86. The third-order valence-electron chi connectivity index (χ3n) is 5.26. The number of carbonyl (C=O) groups is 2. The summed E-state index contributed by atoms with van der Waals surface area (Å²) in [6.07, 6.45) is 1.45. The van der Waals surface area contributed by atoms with Crippen LogP contribution in [0.15, 0.2) is 54.7 Å². The van der Waals surface area contributed by atoms with Crippen molar-refractivity contribution in [1.82, 2.24) is 9.55 Å². The molecule has 0 spiro atoms. The van der Waals surface area contributed by atoms with Crippen molar-refractivity contribution < 1.29 is 18.7 Å². The number of hydrogen-bond acceptors (Lipinski definition) is 4. The van der Waals surface area contributed by atoms with Gasteiger partial charge in [0.1, 0.15) is 5.82 Å². The summed E-state index contributed by atoms with van der Waals surface area (Å²) in [5, 5.41) is 3.85. The molecule has 1 amide bonds. The molecular weight excluding hydrogens is 468 g/mol. The number of hydrogen-bond donors (Lipinski definition) is 1. The number of methoxy groups -OCH3 is 1. The molecule has 2 aromatic carbocycles. The number of fused-ring (bicyclic) bond motifs is 1. The van der Waals surface area contributed by atoms with Crippen LogP contribution in [0.2, 0.25) is 10.0 Å². The Bertz CT molecular complexity index is 1400. The van der Waals surface area contributed by atoms with Gasteiger partial charge in [-0.25, -0.2) is 9.37 Å². The number of ketones is 1. The lowest BCUT2D eigenvalue weighted by Gasteiger charge is -2.11. The first-order chi connectivity index (χ1) is 15.8. The van der Waals surface area contributed by atoms with Crippen LogP contribution in [-0.2, 0) is 11.3 Å². The molecule has 168 valence electrons. The Kier molecular flexibility index (Phi) is 6.35. The number of rotatable bonds is 6. The molecule has 0 aliphatic rings. The predicted octanol–water partition coefficient (Wildman–Crippen LogP) is 5.67. The summed E-state index contributed by atoms with van der Waals surface area (Å²) in [6.45, 7) is 2.01. The zero-order valence-electron chi connectivity index (χ0n) is 17.7. The third kappa shape index (κ3) is 4.55. The second kappa shape index (κ2) is 9.21. The lowest BCUT2D eigenvalue weighted by atomic mass is 10.1. The number of nitrogens with zero attached hydrogens (tertiary/aromatic N) is 2. The van der Waals surface area contributed by atoms with E-state index in [-0.39, 0.29) is 11.4 Å². The molecule has 6 nitrogen and oxygen atoms in total. The minimum absolute atomic E-state index is 0.119. The number of halogens is 3. The molecule has 1 N–H and O–H groups in total. The molecule has 0 bridgehead atoms. The number of carbonyl (C=O) groups excluding carboxylic acids is 2. The van der Waals surface area contributed by atoms with Crippen LogP contribution < -0.4 is 10.1 Å². The molecule has 0 aliphatic carbocycles. The van der Waals surface area contributed by atoms with Crippen molar-refractivity contribution in [3.63, 3.8) is 0 Å². The van der Waals surface area contributed by atoms with Crippen LogP contribution in [0.1, 0.15) is 21.6 Å². The van der Waals surface area contributed by atoms with Crippen LogP contribution in [0.25, 0.3) is 10.9 Å². The Balaban J connectivity index is 1.75. The van der Waals surface area contributed by atoms with Crippen molar-refractivity contribution in [2.45, 2.75) is 13.5 Å². The summed E-state index contributed by atoms with van der Waals surface area (Å²) in [7, 11) is 1.44. The van der Waals surface area contributed by atoms with Gasteiger partial charge in [0.15, 0.2) is 0 Å². The van der Waals surface area contributed by atoms with Gasteiger partial charge >= 0.3 is 0 Å². The number of anilines is 1. The number of amides is 1. The smallest absolute Gasteiger partial charge is 0.296 e. The molecular formula is C24H18Cl2FN3O3. The highest BCUT2D eigenvalue weighted by atomic mass is 35.5. The van der Waals surface area contributed by atoms with Crippen molar-refractivity contribution in [1.29, 1.82) is 0 Å². The van der Waals surface area contributed by atoms with Crippen LogP contribution in [0.4, 0.5) is 10.1 Å². The van der Waals surface area contributed by atoms with Crippen LogP contribution >= 0.6 is 23.2 Å². The SMILES string of the molecule is COc1cc(NC(=O)C(=O)c2c(C)n(Cc3ccc(Cl)cc3Cl)c3ccc(F)cc23)ccn1. The maximum absolute atomic E-state index is 14.1. The highest BCUT2D eigenvalue weighted by Gasteiger charge is 2.26. The zero-order chi connectivity index (χ0) is 23.7. The van der Waals surface area contributed by atoms with Gasteiger partial charge in [-0.05, 0) is 48.9 Å². The van der Waals surface area contributed by atoms with Gasteiger partial charge in [-0.3, -0.25) is 9.59 Å². The molecule has 0 aliphatic heterocycles. The molecule has 0 unspecified atom stereocenters. The van der Waals surface area contributed by atoms with E-state index in [1.807, 2.05) is 4.57 Å². The number of nitrogens with one attached hydrogen (secondary N) is 1. The number of benzene rings is 2. The largest absolute Gasteiger partial charge is 0.481 e. The molecule has 33 heavy (non-hydrogen) atoms. The molecule has 4 aromatic rings. The van der Waals surface area contributed by atoms with Crippen LogP contribution in [0.3, 0.4) is 0 Å². The summed E-state index contributed by atoms with van der Waals surface area (Å²) in [5.41, 5.74) is 2.34. The molecule has 2 aromatic heterocycles. The second-order valence-electron chi connectivity index (χ2n) is 7.31. The molecule has 0 fully saturated rings. The van der Waals surface area contributed by atoms with Gasteiger partial charge in [-0.1, -0.05) is 29.3 Å². The van der Waals surface area contributed by atoms with Gasteiger partial charge in [-0.2, -0.15) is 0 Å². The van der Waals surface area contributed by atoms with Gasteiger partial charge in [0.25, 0.3) is 11.7 Å². The topological polar surface area (TPSA) is 73.2 Å². The van der Waals surface area contributed by atoms with E-state index in [4.69, 9.17) is 27.9 Å². The molecule has 9 heteroatoms. The minimum atomic E-state index is -0.862. The average molecular weight is 486 g/mol. The number of Topliss-reactive ketones (excluding diaryl/α,β-unsaturated/α-hetero) is 1. The fraction of sp³-hybridized carbons (Fsp3) is 0.125. The summed E-state index contributed by atoms with van der Waals surface area (Å²) in [4.78, 5) is 29.9. The van der Waals surface area contributed by atoms with Crippen LogP contribution in [0, 0.1) is 12.7 Å². The Hall–Kier alpha value is -3.42. The standard InChI is InChI=1S/C24H18Cl2FN3O3/c1-13-22(23(31)24(32)29-17-7-8-28-21(11-17)33-2)18-10-16(27)5-6-20(18)30(13)12-14-3-4-15(25)9-19(14)26/h3-11H,12H2,1-2H3,(H,28,29,32). The Labute approximate surface area is 198 Å². The van der Waals surface area contributed by atoms with E-state index >= 15 is 0 Å². The van der Waals surface area contributed by atoms with E-state index in [0.29, 0.717) is 38.9 Å². The van der Waals surface area contributed by atoms with E-state index in [0.717, 1.165) is 5.56 Å². The van der Waals surface area contributed by atoms with Gasteiger partial charge in [0.2, 0.25) is 5.88 Å². The van der Waals surface area contributed by atoms with Crippen molar-refractivity contribution >= 4 is 51.5 Å². The van der Waals surface area contributed by atoms with E-state index in [2.05, 4.69) is 10.3 Å². The van der Waals surface area contributed by atoms with Gasteiger partial charge < -0.3 is 14.6 Å². The van der Waals surface area contributed by atoms with Gasteiger partial charge in [-0.15, -0.1) is 0 Å². The average Bonchev–Trinajstić information content (AvgIpc) is 3.05. The fourth-order valence-electron chi connectivity index (χ4n) is 3.67. The number of pyridine rings is 1. The summed E-state index contributed by atoms with van der Waals surface area (Å²) >= 11 is 12.3. The summed E-state index contributed by atoms with van der Waals surface area (Å²) in [6, 6.07) is 12.3. The monoisotopic (exact) mass is 485 g/mol. The summed E-state index contributed by atoms with van der Waals surface area (Å²) < 4.78 is 21.0. The Morgan fingerprint density at radius 3 is 2.64 bits per heavy atom. The highest BCUT2D eigenvalue weighted by Crippen LogP contribution is 2.30. The molecule has 4 rings (SSSR count). The fourth-order valence-corrected chi connectivity index (χ4v) is 4.13. The maximum Gasteiger partial charge on any atom is 0.296 e. The lowest BCUT2D eigenvalue weighted by molar-refractivity contribution is -0.112. The normalized spacial score (nSPS) is 10.9. The first-order valence-corrected chi connectivity index (χ1v) is 10.6.